The molecule has 10 heteroatoms. The van der Waals surface area contributed by atoms with E-state index < -0.39 is 10.9 Å². The van der Waals surface area contributed by atoms with Gasteiger partial charge in [0.25, 0.3) is 10.9 Å². The molecular weight excluding hydrogens is 414 g/mol. The zero-order valence-electron chi connectivity index (χ0n) is 15.1. The van der Waals surface area contributed by atoms with Gasteiger partial charge in [-0.05, 0) is 41.6 Å². The highest BCUT2D eigenvalue weighted by atomic mass is 32.2. The van der Waals surface area contributed by atoms with Gasteiger partial charge in [0.2, 0.25) is 5.89 Å². The molecule has 1 heterocycles. The summed E-state index contributed by atoms with van der Waals surface area (Å²) in [7, 11) is 0. The monoisotopic (exact) mass is 429 g/mol. The minimum atomic E-state index is -1.20. The molecule has 0 radical (unpaired) electrons. The van der Waals surface area contributed by atoms with Crippen molar-refractivity contribution in [1.82, 2.24) is 10.2 Å². The zero-order chi connectivity index (χ0) is 20.8. The number of carboxylic acid groups (broad SMARTS) is 1. The van der Waals surface area contributed by atoms with Crippen molar-refractivity contribution in [2.75, 3.05) is 0 Å². The Hall–Kier alpha value is -3.11. The lowest BCUT2D eigenvalue weighted by molar-refractivity contribution is -0.384. The van der Waals surface area contributed by atoms with Crippen LogP contribution in [0.1, 0.15) is 18.4 Å². The van der Waals surface area contributed by atoms with E-state index in [0.29, 0.717) is 22.8 Å². The first-order chi connectivity index (χ1) is 14.0. The average molecular weight is 429 g/mol. The summed E-state index contributed by atoms with van der Waals surface area (Å²) >= 11 is 2.18. The van der Waals surface area contributed by atoms with E-state index in [1.54, 1.807) is 6.07 Å². The van der Waals surface area contributed by atoms with Gasteiger partial charge >= 0.3 is 5.97 Å². The second kappa shape index (κ2) is 9.39. The molecule has 1 aromatic heterocycles. The molecule has 0 fully saturated rings. The van der Waals surface area contributed by atoms with E-state index in [1.165, 1.54) is 30.0 Å². The van der Waals surface area contributed by atoms with Crippen LogP contribution in [-0.2, 0) is 11.2 Å². The summed E-state index contributed by atoms with van der Waals surface area (Å²) in [6.07, 6.45) is 1.91. The fourth-order valence-corrected chi connectivity index (χ4v) is 3.86. The van der Waals surface area contributed by atoms with Crippen molar-refractivity contribution in [2.45, 2.75) is 28.4 Å². The normalized spacial score (nSPS) is 11.4. The Morgan fingerprint density at radius 1 is 1.24 bits per heavy atom. The highest BCUT2D eigenvalue weighted by Gasteiger charge is 2.17. The maximum absolute atomic E-state index is 11.8. The Labute approximate surface area is 174 Å². The molecule has 0 atom stereocenters. The molecular formula is C19H15N3O5S2. The molecule has 0 saturated carbocycles. The molecule has 148 valence electrons. The Morgan fingerprint density at radius 2 is 2.00 bits per heavy atom. The number of hydrogen-bond acceptors (Lipinski definition) is 8. The first-order valence-corrected chi connectivity index (χ1v) is 10.1. The van der Waals surface area contributed by atoms with Crippen molar-refractivity contribution < 1.29 is 19.2 Å². The first-order valence-electron chi connectivity index (χ1n) is 8.43. The molecule has 2 aromatic carbocycles. The third-order valence-corrected chi connectivity index (χ3v) is 5.57. The van der Waals surface area contributed by atoms with Gasteiger partial charge in [-0.25, -0.2) is 4.79 Å². The largest absolute Gasteiger partial charge is 0.477 e. The molecule has 0 unspecified atom stereocenters. The Kier molecular flexibility index (Phi) is 6.68. The molecule has 3 rings (SSSR count). The number of carboxylic acids is 1. The van der Waals surface area contributed by atoms with Crippen LogP contribution in [0.5, 0.6) is 0 Å². The molecule has 0 aliphatic carbocycles. The molecule has 8 nitrogen and oxygen atoms in total. The Balaban J connectivity index is 2.00. The number of aliphatic carboxylic acids is 1. The van der Waals surface area contributed by atoms with Crippen molar-refractivity contribution in [2.24, 2.45) is 0 Å². The van der Waals surface area contributed by atoms with Crippen LogP contribution in [-0.4, -0.2) is 26.2 Å². The predicted octanol–water partition coefficient (Wildman–Crippen LogP) is 4.91. The number of nitro benzene ring substituents is 1. The Morgan fingerprint density at radius 3 is 2.62 bits per heavy atom. The number of rotatable bonds is 8. The highest BCUT2D eigenvalue weighted by molar-refractivity contribution is 8.03. The highest BCUT2D eigenvalue weighted by Crippen LogP contribution is 2.36. The summed E-state index contributed by atoms with van der Waals surface area (Å²) in [6.45, 7) is 1.84. The van der Waals surface area contributed by atoms with Crippen LogP contribution in [0.15, 0.2) is 72.9 Å². The summed E-state index contributed by atoms with van der Waals surface area (Å²) in [4.78, 5) is 23.9. The van der Waals surface area contributed by atoms with Gasteiger partial charge in [-0.3, -0.25) is 10.1 Å². The van der Waals surface area contributed by atoms with Crippen LogP contribution in [0.25, 0.3) is 6.08 Å². The van der Waals surface area contributed by atoms with Gasteiger partial charge in [-0.15, -0.1) is 10.2 Å². The fourth-order valence-electron chi connectivity index (χ4n) is 2.26. The summed E-state index contributed by atoms with van der Waals surface area (Å²) in [5.41, 5.74) is 0.280. The van der Waals surface area contributed by atoms with Crippen LogP contribution in [0.3, 0.4) is 0 Å². The third-order valence-electron chi connectivity index (χ3n) is 3.62. The van der Waals surface area contributed by atoms with Gasteiger partial charge in [0.1, 0.15) is 4.91 Å². The van der Waals surface area contributed by atoms with Crippen molar-refractivity contribution in [1.29, 1.82) is 0 Å². The molecule has 0 aliphatic rings. The summed E-state index contributed by atoms with van der Waals surface area (Å²) in [5, 5.41) is 28.5. The van der Waals surface area contributed by atoms with Crippen LogP contribution in [0.4, 0.5) is 5.69 Å². The zero-order valence-corrected chi connectivity index (χ0v) is 16.8. The number of aryl methyl sites for hydroxylation is 1. The SMILES string of the molecule is CCc1nnc(S/C(=C/c2cc([N+](=O)[O-])ccc2Sc2ccccc2)C(=O)O)o1. The smallest absolute Gasteiger partial charge is 0.342 e. The number of nitrogens with zero attached hydrogens (tertiary/aromatic N) is 3. The van der Waals surface area contributed by atoms with E-state index in [9.17, 15) is 20.0 Å². The minimum Gasteiger partial charge on any atom is -0.477 e. The predicted molar refractivity (Wildman–Crippen MR) is 109 cm³/mol. The number of non-ortho nitro benzene ring substituents is 1. The summed E-state index contributed by atoms with van der Waals surface area (Å²) in [5.74, 6) is -0.804. The quantitative estimate of drug-likeness (QED) is 0.230. The number of benzene rings is 2. The van der Waals surface area contributed by atoms with E-state index in [4.69, 9.17) is 4.42 Å². The van der Waals surface area contributed by atoms with Crippen LogP contribution in [0, 0.1) is 10.1 Å². The maximum atomic E-state index is 11.8. The number of hydrogen-bond donors (Lipinski definition) is 1. The topological polar surface area (TPSA) is 119 Å². The Bertz CT molecular complexity index is 1070. The van der Waals surface area contributed by atoms with Crippen molar-refractivity contribution in [3.05, 3.63) is 75.0 Å². The van der Waals surface area contributed by atoms with Gasteiger partial charge in [0.05, 0.1) is 4.92 Å². The summed E-state index contributed by atoms with van der Waals surface area (Å²) < 4.78 is 5.36. The van der Waals surface area contributed by atoms with E-state index in [1.807, 2.05) is 37.3 Å². The standard InChI is InChI=1S/C19H15N3O5S2/c1-2-17-20-21-19(27-17)29-16(18(23)24)11-12-10-13(22(25)26)8-9-15(12)28-14-6-4-3-5-7-14/h3-11H,2H2,1H3,(H,23,24)/b16-11+. The average Bonchev–Trinajstić information content (AvgIpc) is 3.17. The second-order valence-electron chi connectivity index (χ2n) is 5.63. The minimum absolute atomic E-state index is 0.0910. The van der Waals surface area contributed by atoms with Gasteiger partial charge < -0.3 is 9.52 Å². The van der Waals surface area contributed by atoms with Crippen molar-refractivity contribution in [3.8, 4) is 0 Å². The van der Waals surface area contributed by atoms with Crippen molar-refractivity contribution in [3.63, 3.8) is 0 Å². The van der Waals surface area contributed by atoms with E-state index in [0.717, 1.165) is 16.7 Å². The number of carbonyl (C=O) groups is 1. The number of aromatic nitrogens is 2. The third kappa shape index (κ3) is 5.46. The van der Waals surface area contributed by atoms with E-state index >= 15 is 0 Å². The molecule has 0 aliphatic heterocycles. The molecule has 0 bridgehead atoms. The van der Waals surface area contributed by atoms with Crippen molar-refractivity contribution >= 4 is 41.3 Å². The lowest BCUT2D eigenvalue weighted by atomic mass is 10.2. The molecule has 0 spiro atoms. The first kappa shape index (κ1) is 20.6. The molecule has 0 amide bonds. The van der Waals surface area contributed by atoms with E-state index in [2.05, 4.69) is 10.2 Å². The van der Waals surface area contributed by atoms with E-state index in [-0.39, 0.29) is 15.8 Å². The lowest BCUT2D eigenvalue weighted by Crippen LogP contribution is -1.98. The number of nitro groups is 1. The summed E-state index contributed by atoms with van der Waals surface area (Å²) in [6, 6.07) is 13.8. The van der Waals surface area contributed by atoms with Crippen LogP contribution >= 0.6 is 23.5 Å². The van der Waals surface area contributed by atoms with Gasteiger partial charge in [0, 0.05) is 28.3 Å². The molecule has 0 saturated heterocycles. The van der Waals surface area contributed by atoms with Gasteiger partial charge in [-0.2, -0.15) is 0 Å². The lowest BCUT2D eigenvalue weighted by Gasteiger charge is -2.07. The maximum Gasteiger partial charge on any atom is 0.342 e. The van der Waals surface area contributed by atoms with Gasteiger partial charge in [0.15, 0.2) is 0 Å². The molecule has 29 heavy (non-hydrogen) atoms. The molecule has 1 N–H and O–H groups in total. The molecule has 3 aromatic rings. The second-order valence-corrected chi connectivity index (χ2v) is 7.73. The fraction of sp³-hybridized carbons (Fsp3) is 0.105. The van der Waals surface area contributed by atoms with Gasteiger partial charge in [-0.1, -0.05) is 36.9 Å². The van der Waals surface area contributed by atoms with Crippen LogP contribution in [0.2, 0.25) is 0 Å². The van der Waals surface area contributed by atoms with Crippen LogP contribution < -0.4 is 0 Å². The number of thioether (sulfide) groups is 1.